The molecule has 0 aliphatic carbocycles. The average Bonchev–Trinajstić information content (AvgIpc) is 2.42. The molecule has 0 unspecified atom stereocenters. The molecule has 1 N–H and O–H groups in total. The van der Waals surface area contributed by atoms with Crippen LogP contribution in [-0.4, -0.2) is 5.91 Å². The minimum absolute atomic E-state index is 0. The predicted octanol–water partition coefficient (Wildman–Crippen LogP) is 4.45. The third-order valence-electron chi connectivity index (χ3n) is 3.06. The Hall–Kier alpha value is -2.09. The van der Waals surface area contributed by atoms with E-state index < -0.39 is 0 Å². The van der Waals surface area contributed by atoms with Crippen LogP contribution in [0, 0.1) is 6.92 Å². The molecule has 0 aliphatic rings. The van der Waals surface area contributed by atoms with E-state index in [4.69, 9.17) is 0 Å². The van der Waals surface area contributed by atoms with Gasteiger partial charge < -0.3 is 5.32 Å². The molecule has 2 nitrogen and oxygen atoms in total. The molecule has 0 saturated carbocycles. The fourth-order valence-corrected chi connectivity index (χ4v) is 1.95. The van der Waals surface area contributed by atoms with Gasteiger partial charge in [0.15, 0.2) is 0 Å². The van der Waals surface area contributed by atoms with E-state index in [-0.39, 0.29) is 7.33 Å². The van der Waals surface area contributed by atoms with Crippen molar-refractivity contribution in [3.8, 4) is 0 Å². The van der Waals surface area contributed by atoms with Crippen molar-refractivity contribution in [2.24, 2.45) is 0 Å². The second-order valence-corrected chi connectivity index (χ2v) is 4.77. The number of hydrogen-bond donors (Lipinski definition) is 1. The zero-order valence-electron chi connectivity index (χ0n) is 11.4. The molecule has 0 radical (unpaired) electrons. The van der Waals surface area contributed by atoms with Crippen LogP contribution in [0.25, 0.3) is 0 Å². The van der Waals surface area contributed by atoms with Crippen LogP contribution in [0.3, 0.4) is 0 Å². The standard InChI is InChI=1S/C17H19NO.H2/c1-3-4-14-7-9-15(10-8-14)17(19)18-16-11-5-13(2)6-12-16;/h5-12H,3-4H2,1-2H3,(H,18,19);1H. The van der Waals surface area contributed by atoms with Gasteiger partial charge in [0.1, 0.15) is 0 Å². The average molecular weight is 255 g/mol. The van der Waals surface area contributed by atoms with Gasteiger partial charge in [0.25, 0.3) is 5.91 Å². The predicted molar refractivity (Wildman–Crippen MR) is 81.7 cm³/mol. The molecule has 2 rings (SSSR count). The van der Waals surface area contributed by atoms with Gasteiger partial charge in [0.2, 0.25) is 0 Å². The maximum absolute atomic E-state index is 12.1. The molecule has 0 aromatic heterocycles. The van der Waals surface area contributed by atoms with Crippen molar-refractivity contribution in [3.05, 3.63) is 65.2 Å². The Labute approximate surface area is 116 Å². The van der Waals surface area contributed by atoms with E-state index in [1.54, 1.807) is 0 Å². The highest BCUT2D eigenvalue weighted by Gasteiger charge is 2.05. The SMILES string of the molecule is CCCc1ccc(C(=O)Nc2ccc(C)cc2)cc1.[HH]. The Morgan fingerprint density at radius 2 is 1.68 bits per heavy atom. The van der Waals surface area contributed by atoms with Crippen LogP contribution in [0.15, 0.2) is 48.5 Å². The third kappa shape index (κ3) is 3.68. The van der Waals surface area contributed by atoms with Gasteiger partial charge in [-0.2, -0.15) is 0 Å². The first-order chi connectivity index (χ1) is 9.19. The molecule has 0 bridgehead atoms. The lowest BCUT2D eigenvalue weighted by Gasteiger charge is -2.06. The number of aryl methyl sites for hydroxylation is 2. The Kier molecular flexibility index (Phi) is 4.35. The highest BCUT2D eigenvalue weighted by atomic mass is 16.1. The fraction of sp³-hybridized carbons (Fsp3) is 0.235. The number of carbonyl (C=O) groups excluding carboxylic acids is 1. The first kappa shape index (κ1) is 13.3. The number of hydrogen-bond acceptors (Lipinski definition) is 1. The van der Waals surface area contributed by atoms with Crippen LogP contribution in [0.2, 0.25) is 0 Å². The van der Waals surface area contributed by atoms with Crippen molar-refractivity contribution in [1.82, 2.24) is 0 Å². The quantitative estimate of drug-likeness (QED) is 0.859. The molecule has 0 saturated heterocycles. The van der Waals surface area contributed by atoms with Crippen LogP contribution in [0.5, 0.6) is 0 Å². The molecule has 0 atom stereocenters. The van der Waals surface area contributed by atoms with E-state index in [9.17, 15) is 4.79 Å². The summed E-state index contributed by atoms with van der Waals surface area (Å²) in [7, 11) is 0. The van der Waals surface area contributed by atoms with Crippen LogP contribution in [0.1, 0.15) is 36.3 Å². The van der Waals surface area contributed by atoms with Gasteiger partial charge in [-0.3, -0.25) is 4.79 Å². The summed E-state index contributed by atoms with van der Waals surface area (Å²) in [6.45, 7) is 4.18. The van der Waals surface area contributed by atoms with E-state index in [0.717, 1.165) is 18.5 Å². The summed E-state index contributed by atoms with van der Waals surface area (Å²) in [5.74, 6) is -0.0631. The number of rotatable bonds is 4. The molecule has 100 valence electrons. The molecular formula is C17H21NO. The zero-order chi connectivity index (χ0) is 13.7. The third-order valence-corrected chi connectivity index (χ3v) is 3.06. The first-order valence-electron chi connectivity index (χ1n) is 6.66. The number of carbonyl (C=O) groups is 1. The number of amides is 1. The minimum Gasteiger partial charge on any atom is -0.322 e. The number of anilines is 1. The van der Waals surface area contributed by atoms with E-state index in [1.807, 2.05) is 55.5 Å². The summed E-state index contributed by atoms with van der Waals surface area (Å²) in [6, 6.07) is 15.6. The second kappa shape index (κ2) is 6.19. The molecule has 2 heteroatoms. The summed E-state index contributed by atoms with van der Waals surface area (Å²) >= 11 is 0. The van der Waals surface area contributed by atoms with Gasteiger partial charge in [-0.15, -0.1) is 0 Å². The molecule has 0 spiro atoms. The zero-order valence-corrected chi connectivity index (χ0v) is 11.4. The van der Waals surface area contributed by atoms with Crippen molar-refractivity contribution in [1.29, 1.82) is 0 Å². The van der Waals surface area contributed by atoms with Crippen molar-refractivity contribution in [3.63, 3.8) is 0 Å². The Balaban J connectivity index is 0.00000200. The molecule has 2 aromatic carbocycles. The lowest BCUT2D eigenvalue weighted by molar-refractivity contribution is 0.102. The summed E-state index contributed by atoms with van der Waals surface area (Å²) in [5, 5.41) is 2.90. The van der Waals surface area contributed by atoms with Gasteiger partial charge in [0.05, 0.1) is 0 Å². The molecule has 0 aliphatic heterocycles. The van der Waals surface area contributed by atoms with Gasteiger partial charge in [-0.1, -0.05) is 43.2 Å². The largest absolute Gasteiger partial charge is 0.322 e. The Morgan fingerprint density at radius 3 is 2.26 bits per heavy atom. The van der Waals surface area contributed by atoms with E-state index >= 15 is 0 Å². The smallest absolute Gasteiger partial charge is 0.255 e. The summed E-state index contributed by atoms with van der Waals surface area (Å²) in [4.78, 5) is 12.1. The maximum Gasteiger partial charge on any atom is 0.255 e. The van der Waals surface area contributed by atoms with Crippen LogP contribution in [0.4, 0.5) is 5.69 Å². The highest BCUT2D eigenvalue weighted by Crippen LogP contribution is 2.12. The van der Waals surface area contributed by atoms with Gasteiger partial charge in [-0.05, 0) is 43.2 Å². The molecular weight excluding hydrogens is 234 g/mol. The van der Waals surface area contributed by atoms with E-state index in [0.29, 0.717) is 5.56 Å². The van der Waals surface area contributed by atoms with E-state index in [1.165, 1.54) is 11.1 Å². The van der Waals surface area contributed by atoms with Gasteiger partial charge in [-0.25, -0.2) is 0 Å². The topological polar surface area (TPSA) is 29.1 Å². The lowest BCUT2D eigenvalue weighted by Crippen LogP contribution is -2.11. The molecule has 0 heterocycles. The van der Waals surface area contributed by atoms with Gasteiger partial charge >= 0.3 is 0 Å². The lowest BCUT2D eigenvalue weighted by atomic mass is 10.1. The molecule has 1 amide bonds. The molecule has 2 aromatic rings. The molecule has 0 fully saturated rings. The number of benzene rings is 2. The highest BCUT2D eigenvalue weighted by molar-refractivity contribution is 6.04. The second-order valence-electron chi connectivity index (χ2n) is 4.77. The maximum atomic E-state index is 12.1. The summed E-state index contributed by atoms with van der Waals surface area (Å²) in [6.07, 6.45) is 2.18. The first-order valence-corrected chi connectivity index (χ1v) is 6.66. The normalized spacial score (nSPS) is 10.2. The van der Waals surface area contributed by atoms with Crippen LogP contribution < -0.4 is 5.32 Å². The van der Waals surface area contributed by atoms with Crippen molar-refractivity contribution in [2.75, 3.05) is 5.32 Å². The van der Waals surface area contributed by atoms with Crippen molar-refractivity contribution in [2.45, 2.75) is 26.7 Å². The van der Waals surface area contributed by atoms with E-state index in [2.05, 4.69) is 12.2 Å². The van der Waals surface area contributed by atoms with Crippen molar-refractivity contribution >= 4 is 11.6 Å². The number of nitrogens with one attached hydrogen (secondary N) is 1. The monoisotopic (exact) mass is 255 g/mol. The fourth-order valence-electron chi connectivity index (χ4n) is 1.95. The van der Waals surface area contributed by atoms with Gasteiger partial charge in [0, 0.05) is 12.7 Å². The Bertz CT molecular complexity index is 546. The van der Waals surface area contributed by atoms with Crippen LogP contribution in [-0.2, 0) is 6.42 Å². The minimum atomic E-state index is -0.0631. The van der Waals surface area contributed by atoms with Crippen LogP contribution >= 0.6 is 0 Å². The molecule has 19 heavy (non-hydrogen) atoms. The summed E-state index contributed by atoms with van der Waals surface area (Å²) in [5.41, 5.74) is 3.98. The summed E-state index contributed by atoms with van der Waals surface area (Å²) < 4.78 is 0. The van der Waals surface area contributed by atoms with Crippen molar-refractivity contribution < 1.29 is 6.22 Å². The Morgan fingerprint density at radius 1 is 1.05 bits per heavy atom.